The van der Waals surface area contributed by atoms with Gasteiger partial charge in [-0.2, -0.15) is 4.98 Å². The van der Waals surface area contributed by atoms with E-state index in [-0.39, 0.29) is 0 Å². The second kappa shape index (κ2) is 5.12. The molecule has 1 saturated heterocycles. The number of rotatable bonds is 3. The maximum atomic E-state index is 5.62. The van der Waals surface area contributed by atoms with E-state index in [0.717, 1.165) is 24.8 Å². The van der Waals surface area contributed by atoms with Crippen LogP contribution in [0.1, 0.15) is 68.5 Å². The molecule has 3 heterocycles. The summed E-state index contributed by atoms with van der Waals surface area (Å²) in [6.07, 6.45) is 8.88. The van der Waals surface area contributed by atoms with Gasteiger partial charge < -0.3 is 9.84 Å². The molecule has 5 rings (SSSR count). The molecule has 3 aliphatic rings. The van der Waals surface area contributed by atoms with Gasteiger partial charge >= 0.3 is 0 Å². The van der Waals surface area contributed by atoms with Crippen molar-refractivity contribution in [1.82, 2.24) is 30.6 Å². The van der Waals surface area contributed by atoms with E-state index < -0.39 is 0 Å². The van der Waals surface area contributed by atoms with Crippen LogP contribution in [0.25, 0.3) is 11.6 Å². The number of nitrogens with one attached hydrogen (secondary N) is 2. The molecule has 1 spiro atoms. The minimum absolute atomic E-state index is 0.306. The third kappa shape index (κ3) is 2.29. The van der Waals surface area contributed by atoms with Crippen molar-refractivity contribution in [2.45, 2.75) is 56.8 Å². The summed E-state index contributed by atoms with van der Waals surface area (Å²) < 4.78 is 5.62. The average molecular weight is 314 g/mol. The summed E-state index contributed by atoms with van der Waals surface area (Å²) in [6, 6.07) is 0. The molecule has 122 valence electrons. The standard InChI is InChI=1S/C16H22N6O/c1-2-6-16(7-3-1)9-17-8-11(16)15-19-14(22-23-15)13-18-12(20-21-13)10-4-5-10/h10-11,17H,1-9H2,(H,18,20,21). The first-order chi connectivity index (χ1) is 11.3. The topological polar surface area (TPSA) is 92.5 Å². The zero-order valence-corrected chi connectivity index (χ0v) is 13.2. The van der Waals surface area contributed by atoms with E-state index >= 15 is 0 Å². The molecule has 2 aromatic heterocycles. The second-order valence-electron chi connectivity index (χ2n) is 7.38. The normalized spacial score (nSPS) is 26.9. The highest BCUT2D eigenvalue weighted by Gasteiger charge is 2.46. The van der Waals surface area contributed by atoms with Crippen molar-refractivity contribution in [3.63, 3.8) is 0 Å². The maximum absolute atomic E-state index is 5.62. The third-order valence-corrected chi connectivity index (χ3v) is 5.82. The Balaban J connectivity index is 1.41. The number of aromatic amines is 1. The quantitative estimate of drug-likeness (QED) is 0.903. The predicted molar refractivity (Wildman–Crippen MR) is 82.8 cm³/mol. The Kier molecular flexibility index (Phi) is 3.04. The SMILES string of the molecule is C1CCC2(CC1)CNCC2c1nc(-c2n[nH]c(C3CC3)n2)no1. The summed E-state index contributed by atoms with van der Waals surface area (Å²) in [4.78, 5) is 9.16. The van der Waals surface area contributed by atoms with Crippen molar-refractivity contribution in [3.05, 3.63) is 11.7 Å². The van der Waals surface area contributed by atoms with E-state index in [1.54, 1.807) is 0 Å². The predicted octanol–water partition coefficient (Wildman–Crippen LogP) is 2.37. The van der Waals surface area contributed by atoms with E-state index in [2.05, 4.69) is 30.6 Å². The number of hydrogen-bond donors (Lipinski definition) is 2. The molecule has 23 heavy (non-hydrogen) atoms. The Morgan fingerprint density at radius 1 is 1.04 bits per heavy atom. The van der Waals surface area contributed by atoms with Crippen molar-refractivity contribution in [2.24, 2.45) is 5.41 Å². The first kappa shape index (κ1) is 13.7. The van der Waals surface area contributed by atoms with Crippen LogP contribution in [-0.4, -0.2) is 38.4 Å². The van der Waals surface area contributed by atoms with Crippen LogP contribution >= 0.6 is 0 Å². The van der Waals surface area contributed by atoms with Gasteiger partial charge in [0.2, 0.25) is 17.5 Å². The van der Waals surface area contributed by atoms with Gasteiger partial charge in [0.1, 0.15) is 5.82 Å². The largest absolute Gasteiger partial charge is 0.338 e. The van der Waals surface area contributed by atoms with E-state index in [1.807, 2.05) is 0 Å². The molecule has 1 atom stereocenters. The van der Waals surface area contributed by atoms with Crippen LogP contribution in [0.4, 0.5) is 0 Å². The highest BCUT2D eigenvalue weighted by molar-refractivity contribution is 5.41. The van der Waals surface area contributed by atoms with E-state index in [0.29, 0.717) is 28.9 Å². The molecule has 1 aliphatic heterocycles. The van der Waals surface area contributed by atoms with Crippen molar-refractivity contribution >= 4 is 0 Å². The van der Waals surface area contributed by atoms with Gasteiger partial charge in [0.25, 0.3) is 0 Å². The molecular weight excluding hydrogens is 292 g/mol. The summed E-state index contributed by atoms with van der Waals surface area (Å²) in [6.45, 7) is 2.00. The minimum atomic E-state index is 0.306. The fraction of sp³-hybridized carbons (Fsp3) is 0.750. The molecule has 0 amide bonds. The molecular formula is C16H22N6O. The van der Waals surface area contributed by atoms with E-state index in [9.17, 15) is 0 Å². The van der Waals surface area contributed by atoms with Crippen LogP contribution in [0.15, 0.2) is 4.52 Å². The molecule has 7 heteroatoms. The Bertz CT molecular complexity index is 697. The number of hydrogen-bond acceptors (Lipinski definition) is 6. The first-order valence-electron chi connectivity index (χ1n) is 8.81. The Hall–Kier alpha value is -1.76. The molecule has 2 aliphatic carbocycles. The van der Waals surface area contributed by atoms with Crippen molar-refractivity contribution in [3.8, 4) is 11.6 Å². The monoisotopic (exact) mass is 314 g/mol. The highest BCUT2D eigenvalue weighted by atomic mass is 16.5. The lowest BCUT2D eigenvalue weighted by Crippen LogP contribution is -2.31. The number of aromatic nitrogens is 5. The van der Waals surface area contributed by atoms with Crippen LogP contribution in [0.5, 0.6) is 0 Å². The molecule has 3 fully saturated rings. The van der Waals surface area contributed by atoms with E-state index in [1.165, 1.54) is 44.9 Å². The van der Waals surface area contributed by atoms with Crippen molar-refractivity contribution in [2.75, 3.05) is 13.1 Å². The summed E-state index contributed by atoms with van der Waals surface area (Å²) in [5.41, 5.74) is 0.306. The van der Waals surface area contributed by atoms with Gasteiger partial charge in [0.05, 0.1) is 5.92 Å². The lowest BCUT2D eigenvalue weighted by Gasteiger charge is -2.36. The molecule has 2 saturated carbocycles. The fourth-order valence-corrected chi connectivity index (χ4v) is 4.32. The second-order valence-corrected chi connectivity index (χ2v) is 7.38. The zero-order valence-electron chi connectivity index (χ0n) is 13.2. The third-order valence-electron chi connectivity index (χ3n) is 5.82. The summed E-state index contributed by atoms with van der Waals surface area (Å²) in [5, 5.41) is 14.9. The fourth-order valence-electron chi connectivity index (χ4n) is 4.32. The lowest BCUT2D eigenvalue weighted by molar-refractivity contribution is 0.165. The Labute approximate surface area is 134 Å². The first-order valence-corrected chi connectivity index (χ1v) is 8.81. The number of nitrogens with zero attached hydrogens (tertiary/aromatic N) is 4. The zero-order chi connectivity index (χ0) is 15.3. The Morgan fingerprint density at radius 2 is 1.91 bits per heavy atom. The molecule has 0 bridgehead atoms. The summed E-state index contributed by atoms with van der Waals surface area (Å²) >= 11 is 0. The molecule has 2 aromatic rings. The van der Waals surface area contributed by atoms with Gasteiger partial charge in [0, 0.05) is 19.0 Å². The lowest BCUT2D eigenvalue weighted by atomic mass is 9.67. The van der Waals surface area contributed by atoms with Crippen LogP contribution in [0.3, 0.4) is 0 Å². The van der Waals surface area contributed by atoms with Crippen LogP contribution in [0, 0.1) is 5.41 Å². The van der Waals surface area contributed by atoms with Gasteiger partial charge in [-0.05, 0) is 31.1 Å². The summed E-state index contributed by atoms with van der Waals surface area (Å²) in [7, 11) is 0. The van der Waals surface area contributed by atoms with Crippen molar-refractivity contribution in [1.29, 1.82) is 0 Å². The van der Waals surface area contributed by atoms with Crippen LogP contribution in [0.2, 0.25) is 0 Å². The summed E-state index contributed by atoms with van der Waals surface area (Å²) in [5.74, 6) is 3.66. The maximum Gasteiger partial charge on any atom is 0.242 e. The van der Waals surface area contributed by atoms with Gasteiger partial charge in [-0.3, -0.25) is 5.10 Å². The molecule has 2 N–H and O–H groups in total. The average Bonchev–Trinajstić information content (AvgIpc) is 3.00. The van der Waals surface area contributed by atoms with Crippen LogP contribution < -0.4 is 5.32 Å². The van der Waals surface area contributed by atoms with Crippen LogP contribution in [-0.2, 0) is 0 Å². The van der Waals surface area contributed by atoms with Crippen molar-refractivity contribution < 1.29 is 4.52 Å². The molecule has 0 aromatic carbocycles. The minimum Gasteiger partial charge on any atom is -0.338 e. The smallest absolute Gasteiger partial charge is 0.242 e. The Morgan fingerprint density at radius 3 is 2.74 bits per heavy atom. The molecule has 0 radical (unpaired) electrons. The van der Waals surface area contributed by atoms with E-state index in [4.69, 9.17) is 4.52 Å². The van der Waals surface area contributed by atoms with Gasteiger partial charge in [-0.25, -0.2) is 4.98 Å². The molecule has 1 unspecified atom stereocenters. The van der Waals surface area contributed by atoms with Gasteiger partial charge in [-0.15, -0.1) is 5.10 Å². The number of H-pyrrole nitrogens is 1. The van der Waals surface area contributed by atoms with Gasteiger partial charge in [0.15, 0.2) is 0 Å². The molecule has 7 nitrogen and oxygen atoms in total. The highest BCUT2D eigenvalue weighted by Crippen LogP contribution is 2.49. The van der Waals surface area contributed by atoms with Gasteiger partial charge in [-0.1, -0.05) is 24.4 Å².